The van der Waals surface area contributed by atoms with Gasteiger partial charge in [-0.2, -0.15) is 15.5 Å². The van der Waals surface area contributed by atoms with Crippen LogP contribution in [0.4, 0.5) is 5.82 Å². The number of ether oxygens (including phenoxy) is 1. The smallest absolute Gasteiger partial charge is 0.344 e. The van der Waals surface area contributed by atoms with E-state index in [9.17, 15) is 14.9 Å². The molecule has 0 aliphatic carbocycles. The largest absolute Gasteiger partial charge is 0.452 e. The fourth-order valence-electron chi connectivity index (χ4n) is 2.92. The number of aryl methyl sites for hydroxylation is 1. The number of hydrogen-bond acceptors (Lipinski definition) is 7. The number of benzene rings is 1. The summed E-state index contributed by atoms with van der Waals surface area (Å²) < 4.78 is 8.04. The van der Waals surface area contributed by atoms with E-state index in [1.807, 2.05) is 24.3 Å². The molecule has 1 amide bonds. The summed E-state index contributed by atoms with van der Waals surface area (Å²) in [7, 11) is 0. The number of esters is 1. The van der Waals surface area contributed by atoms with E-state index in [0.29, 0.717) is 17.0 Å². The molecule has 30 heavy (non-hydrogen) atoms. The van der Waals surface area contributed by atoms with Crippen LogP contribution in [-0.2, 0) is 9.53 Å². The molecule has 148 valence electrons. The second-order valence-corrected chi connectivity index (χ2v) is 6.24. The Morgan fingerprint density at radius 2 is 2.03 bits per heavy atom. The normalized spacial score (nSPS) is 10.5. The maximum atomic E-state index is 12.5. The van der Waals surface area contributed by atoms with Crippen molar-refractivity contribution >= 4 is 23.3 Å². The Kier molecular flexibility index (Phi) is 4.92. The van der Waals surface area contributed by atoms with Crippen LogP contribution in [0.3, 0.4) is 0 Å². The van der Waals surface area contributed by atoms with Gasteiger partial charge in [0.2, 0.25) is 0 Å². The molecule has 0 saturated heterocycles. The van der Waals surface area contributed by atoms with Gasteiger partial charge in [0.1, 0.15) is 17.2 Å². The number of aromatic nitrogens is 5. The van der Waals surface area contributed by atoms with E-state index in [-0.39, 0.29) is 16.9 Å². The summed E-state index contributed by atoms with van der Waals surface area (Å²) >= 11 is 0. The van der Waals surface area contributed by atoms with Gasteiger partial charge in [-0.25, -0.2) is 19.0 Å². The number of rotatable bonds is 5. The van der Waals surface area contributed by atoms with Crippen molar-refractivity contribution in [3.63, 3.8) is 0 Å². The minimum absolute atomic E-state index is 0.182. The molecule has 1 N–H and O–H groups in total. The molecule has 0 unspecified atom stereocenters. The number of nitrogens with zero attached hydrogens (tertiary/aromatic N) is 6. The lowest BCUT2D eigenvalue weighted by atomic mass is 10.2. The first-order valence-corrected chi connectivity index (χ1v) is 8.89. The zero-order valence-electron chi connectivity index (χ0n) is 15.8. The maximum Gasteiger partial charge on any atom is 0.344 e. The van der Waals surface area contributed by atoms with Crippen molar-refractivity contribution < 1.29 is 14.3 Å². The van der Waals surface area contributed by atoms with Gasteiger partial charge in [-0.1, -0.05) is 18.2 Å². The number of anilines is 1. The highest BCUT2D eigenvalue weighted by Gasteiger charge is 2.21. The van der Waals surface area contributed by atoms with Crippen LogP contribution < -0.4 is 5.32 Å². The Morgan fingerprint density at radius 3 is 2.80 bits per heavy atom. The van der Waals surface area contributed by atoms with Crippen LogP contribution in [0.1, 0.15) is 21.6 Å². The molecule has 0 spiro atoms. The van der Waals surface area contributed by atoms with Crippen molar-refractivity contribution in [2.45, 2.75) is 6.92 Å². The molecule has 10 nitrogen and oxygen atoms in total. The monoisotopic (exact) mass is 401 g/mol. The fourth-order valence-corrected chi connectivity index (χ4v) is 2.92. The minimum Gasteiger partial charge on any atom is -0.452 e. The van der Waals surface area contributed by atoms with Crippen LogP contribution in [0.2, 0.25) is 0 Å². The molecule has 10 heteroatoms. The zero-order chi connectivity index (χ0) is 21.1. The Morgan fingerprint density at radius 1 is 1.23 bits per heavy atom. The number of nitrogens with one attached hydrogen (secondary N) is 1. The van der Waals surface area contributed by atoms with Crippen LogP contribution in [-0.4, -0.2) is 42.9 Å². The molecule has 0 saturated carbocycles. The predicted octanol–water partition coefficient (Wildman–Crippen LogP) is 1.89. The second kappa shape index (κ2) is 7.84. The molecule has 0 bridgehead atoms. The Bertz CT molecular complexity index is 1280. The van der Waals surface area contributed by atoms with Crippen LogP contribution in [0, 0.1) is 18.3 Å². The SMILES string of the molecule is Cc1nn2cccnc2c1C(=O)OCC(=O)Nc1c(C#N)cnn1-c1ccccc1. The van der Waals surface area contributed by atoms with Gasteiger partial charge in [-0.15, -0.1) is 0 Å². The number of hydrogen-bond donors (Lipinski definition) is 1. The lowest BCUT2D eigenvalue weighted by Crippen LogP contribution is -2.23. The number of para-hydroxylation sites is 1. The number of nitriles is 1. The van der Waals surface area contributed by atoms with Gasteiger partial charge in [0.25, 0.3) is 5.91 Å². The van der Waals surface area contributed by atoms with Crippen LogP contribution in [0.15, 0.2) is 55.0 Å². The van der Waals surface area contributed by atoms with Gasteiger partial charge in [-0.3, -0.25) is 4.79 Å². The molecule has 1 aromatic carbocycles. The first kappa shape index (κ1) is 18.8. The summed E-state index contributed by atoms with van der Waals surface area (Å²) in [5.74, 6) is -1.13. The molecule has 0 atom stereocenters. The van der Waals surface area contributed by atoms with Crippen molar-refractivity contribution in [3.8, 4) is 11.8 Å². The molecule has 0 aliphatic rings. The first-order valence-electron chi connectivity index (χ1n) is 8.89. The predicted molar refractivity (Wildman–Crippen MR) is 105 cm³/mol. The van der Waals surface area contributed by atoms with Gasteiger partial charge in [-0.05, 0) is 25.1 Å². The molecule has 0 radical (unpaired) electrons. The average Bonchev–Trinajstić information content (AvgIpc) is 3.32. The minimum atomic E-state index is -0.714. The van der Waals surface area contributed by atoms with E-state index in [2.05, 4.69) is 20.5 Å². The Hall–Kier alpha value is -4.52. The van der Waals surface area contributed by atoms with Gasteiger partial charge in [0, 0.05) is 12.4 Å². The van der Waals surface area contributed by atoms with Crippen LogP contribution in [0.25, 0.3) is 11.3 Å². The molecule has 3 aromatic heterocycles. The summed E-state index contributed by atoms with van der Waals surface area (Å²) in [5.41, 5.74) is 1.82. The summed E-state index contributed by atoms with van der Waals surface area (Å²) in [6.07, 6.45) is 4.55. The van der Waals surface area contributed by atoms with E-state index >= 15 is 0 Å². The van der Waals surface area contributed by atoms with Gasteiger partial charge < -0.3 is 10.1 Å². The summed E-state index contributed by atoms with van der Waals surface area (Å²) in [4.78, 5) is 29.0. The Labute approximate surface area is 170 Å². The maximum absolute atomic E-state index is 12.5. The molecule has 4 aromatic rings. The molecule has 0 fully saturated rings. The molecular weight excluding hydrogens is 386 g/mol. The van der Waals surface area contributed by atoms with E-state index in [4.69, 9.17) is 4.74 Å². The number of fused-ring (bicyclic) bond motifs is 1. The molecule has 3 heterocycles. The summed E-state index contributed by atoms with van der Waals surface area (Å²) in [6.45, 7) is 1.11. The highest BCUT2D eigenvalue weighted by molar-refractivity contribution is 5.99. The second-order valence-electron chi connectivity index (χ2n) is 6.24. The van der Waals surface area contributed by atoms with E-state index in [1.54, 1.807) is 31.3 Å². The number of carbonyl (C=O) groups excluding carboxylic acids is 2. The average molecular weight is 401 g/mol. The third kappa shape index (κ3) is 3.47. The highest BCUT2D eigenvalue weighted by Crippen LogP contribution is 2.19. The van der Waals surface area contributed by atoms with E-state index < -0.39 is 18.5 Å². The third-order valence-electron chi connectivity index (χ3n) is 4.26. The molecular formula is C20H15N7O3. The zero-order valence-corrected chi connectivity index (χ0v) is 15.8. The first-order chi connectivity index (χ1) is 14.6. The summed E-state index contributed by atoms with van der Waals surface area (Å²) in [6, 6.07) is 12.7. The van der Waals surface area contributed by atoms with Crippen molar-refractivity contribution in [2.75, 3.05) is 11.9 Å². The van der Waals surface area contributed by atoms with Gasteiger partial charge in [0.15, 0.2) is 18.1 Å². The van der Waals surface area contributed by atoms with Crippen LogP contribution >= 0.6 is 0 Å². The van der Waals surface area contributed by atoms with Gasteiger partial charge in [0.05, 0.1) is 17.6 Å². The lowest BCUT2D eigenvalue weighted by Gasteiger charge is -2.10. The quantitative estimate of drug-likeness (QED) is 0.506. The number of carbonyl (C=O) groups is 2. The van der Waals surface area contributed by atoms with Crippen molar-refractivity contribution in [3.05, 3.63) is 71.8 Å². The standard InChI is InChI=1S/C20H15N7O3/c1-13-17(19-22-8-5-9-26(19)25-13)20(29)30-12-16(28)24-18-14(10-21)11-23-27(18)15-6-3-2-4-7-15/h2-9,11H,12H2,1H3,(H,24,28). The van der Waals surface area contributed by atoms with Crippen molar-refractivity contribution in [1.82, 2.24) is 24.4 Å². The topological polar surface area (TPSA) is 127 Å². The van der Waals surface area contributed by atoms with E-state index in [0.717, 1.165) is 0 Å². The summed E-state index contributed by atoms with van der Waals surface area (Å²) in [5, 5.41) is 20.2. The van der Waals surface area contributed by atoms with Gasteiger partial charge >= 0.3 is 5.97 Å². The molecule has 4 rings (SSSR count). The molecule has 0 aliphatic heterocycles. The van der Waals surface area contributed by atoms with Crippen LogP contribution in [0.5, 0.6) is 0 Å². The van der Waals surface area contributed by atoms with Crippen molar-refractivity contribution in [1.29, 1.82) is 5.26 Å². The fraction of sp³-hybridized carbons (Fsp3) is 0.100. The highest BCUT2D eigenvalue weighted by atomic mass is 16.5. The Balaban J connectivity index is 1.50. The van der Waals surface area contributed by atoms with Crippen molar-refractivity contribution in [2.24, 2.45) is 0 Å². The number of amides is 1. The third-order valence-corrected chi connectivity index (χ3v) is 4.26. The lowest BCUT2D eigenvalue weighted by molar-refractivity contribution is -0.119. The van der Waals surface area contributed by atoms with E-state index in [1.165, 1.54) is 21.6 Å².